The van der Waals surface area contributed by atoms with Crippen LogP contribution in [0.4, 0.5) is 0 Å². The van der Waals surface area contributed by atoms with Crippen molar-refractivity contribution in [2.24, 2.45) is 0 Å². The summed E-state index contributed by atoms with van der Waals surface area (Å²) in [5.74, 6) is 1.40. The highest BCUT2D eigenvalue weighted by Gasteiger charge is 2.17. The lowest BCUT2D eigenvalue weighted by Gasteiger charge is -2.19. The van der Waals surface area contributed by atoms with E-state index in [1.165, 1.54) is 27.4 Å². The number of benzene rings is 1. The van der Waals surface area contributed by atoms with Gasteiger partial charge in [-0.15, -0.1) is 11.3 Å². The van der Waals surface area contributed by atoms with Gasteiger partial charge in [-0.25, -0.2) is 4.98 Å². The molecule has 3 heterocycles. The van der Waals surface area contributed by atoms with E-state index in [-0.39, 0.29) is 11.0 Å². The number of rotatable bonds is 5. The lowest BCUT2D eigenvalue weighted by molar-refractivity contribution is -0.908. The van der Waals surface area contributed by atoms with E-state index < -0.39 is 0 Å². The van der Waals surface area contributed by atoms with Crippen LogP contribution in [-0.2, 0) is 18.5 Å². The zero-order valence-corrected chi connectivity index (χ0v) is 18.0. The largest absolute Gasteiger partial charge is 0.464 e. The fourth-order valence-electron chi connectivity index (χ4n) is 3.51. The summed E-state index contributed by atoms with van der Waals surface area (Å²) >= 11 is 1.48. The third-order valence-corrected chi connectivity index (χ3v) is 5.95. The molecule has 0 amide bonds. The van der Waals surface area contributed by atoms with Crippen molar-refractivity contribution in [2.45, 2.75) is 39.3 Å². The predicted octanol–water partition coefficient (Wildman–Crippen LogP) is 3.76. The third kappa shape index (κ3) is 4.18. The predicted molar refractivity (Wildman–Crippen MR) is 117 cm³/mol. The molecule has 0 aliphatic rings. The van der Waals surface area contributed by atoms with Crippen molar-refractivity contribution in [1.82, 2.24) is 9.97 Å². The Bertz CT molecular complexity index is 1170. The summed E-state index contributed by atoms with van der Waals surface area (Å²) < 4.78 is 5.45. The molecule has 1 atom stereocenters. The second kappa shape index (κ2) is 7.61. The van der Waals surface area contributed by atoms with Gasteiger partial charge in [0.25, 0.3) is 5.56 Å². The average molecular weight is 409 g/mol. The molecular formula is C23H26N3O2S+. The topological polar surface area (TPSA) is 63.3 Å². The Morgan fingerprint density at radius 2 is 1.90 bits per heavy atom. The number of quaternary nitrogens is 1. The Balaban J connectivity index is 1.51. The Kier molecular flexibility index (Phi) is 5.15. The Hall–Kier alpha value is -2.70. The molecule has 0 aliphatic carbocycles. The molecule has 6 heteroatoms. The highest BCUT2D eigenvalue weighted by molar-refractivity contribution is 7.17. The van der Waals surface area contributed by atoms with Crippen molar-refractivity contribution < 1.29 is 9.32 Å². The van der Waals surface area contributed by atoms with E-state index in [0.717, 1.165) is 16.9 Å². The molecule has 29 heavy (non-hydrogen) atoms. The fourth-order valence-corrected chi connectivity index (χ4v) is 4.46. The number of hydrogen-bond acceptors (Lipinski definition) is 4. The molecule has 150 valence electrons. The highest BCUT2D eigenvalue weighted by Crippen LogP contribution is 2.30. The maximum Gasteiger partial charge on any atom is 0.260 e. The Morgan fingerprint density at radius 1 is 1.14 bits per heavy atom. The molecule has 5 nitrogen and oxygen atoms in total. The van der Waals surface area contributed by atoms with Crippen molar-refractivity contribution in [3.63, 3.8) is 0 Å². The number of nitrogens with one attached hydrogen (secondary N) is 2. The minimum atomic E-state index is -0.111. The van der Waals surface area contributed by atoms with Gasteiger partial charge in [-0.2, -0.15) is 0 Å². The van der Waals surface area contributed by atoms with Crippen LogP contribution < -0.4 is 10.5 Å². The first kappa shape index (κ1) is 19.6. The van der Waals surface area contributed by atoms with Crippen molar-refractivity contribution >= 4 is 21.6 Å². The van der Waals surface area contributed by atoms with Gasteiger partial charge in [-0.05, 0) is 23.1 Å². The second-order valence-electron chi connectivity index (χ2n) is 8.58. The first-order valence-corrected chi connectivity index (χ1v) is 10.6. The number of H-pyrrole nitrogens is 1. The van der Waals surface area contributed by atoms with Gasteiger partial charge in [0.1, 0.15) is 23.7 Å². The quantitative estimate of drug-likeness (QED) is 0.529. The van der Waals surface area contributed by atoms with E-state index in [1.54, 1.807) is 6.26 Å². The molecule has 0 fully saturated rings. The van der Waals surface area contributed by atoms with Gasteiger partial charge in [0, 0.05) is 16.5 Å². The Labute approximate surface area is 174 Å². The monoisotopic (exact) mass is 408 g/mol. The van der Waals surface area contributed by atoms with Crippen LogP contribution in [0.5, 0.6) is 0 Å². The SMILES string of the molecule is C[NH+](Cc1ccc(C(C)(C)C)cc1)Cc1nc2scc(-c3ccco3)c2c(=O)[nH]1. The highest BCUT2D eigenvalue weighted by atomic mass is 32.1. The molecule has 2 N–H and O–H groups in total. The molecule has 1 unspecified atom stereocenters. The van der Waals surface area contributed by atoms with Gasteiger partial charge in [-0.3, -0.25) is 4.79 Å². The van der Waals surface area contributed by atoms with Crippen LogP contribution in [-0.4, -0.2) is 17.0 Å². The number of furan rings is 1. The molecule has 0 radical (unpaired) electrons. The lowest BCUT2D eigenvalue weighted by atomic mass is 9.87. The Morgan fingerprint density at radius 3 is 2.55 bits per heavy atom. The second-order valence-corrected chi connectivity index (χ2v) is 9.44. The first-order chi connectivity index (χ1) is 13.8. The zero-order chi connectivity index (χ0) is 20.6. The maximum absolute atomic E-state index is 12.7. The van der Waals surface area contributed by atoms with E-state index in [9.17, 15) is 4.79 Å². The average Bonchev–Trinajstić information content (AvgIpc) is 3.30. The molecule has 1 aromatic carbocycles. The summed E-state index contributed by atoms with van der Waals surface area (Å²) in [7, 11) is 2.12. The summed E-state index contributed by atoms with van der Waals surface area (Å²) in [5, 5.41) is 2.53. The third-order valence-electron chi connectivity index (χ3n) is 5.07. The summed E-state index contributed by atoms with van der Waals surface area (Å²) in [6.45, 7) is 8.19. The maximum atomic E-state index is 12.7. The molecule has 0 saturated heterocycles. The van der Waals surface area contributed by atoms with Crippen LogP contribution in [0.25, 0.3) is 21.5 Å². The van der Waals surface area contributed by atoms with Crippen molar-refractivity contribution in [3.05, 3.63) is 75.3 Å². The van der Waals surface area contributed by atoms with Crippen molar-refractivity contribution in [1.29, 1.82) is 0 Å². The standard InChI is InChI=1S/C23H25N3O2S/c1-23(2,3)16-9-7-15(8-10-16)12-26(4)13-19-24-21(27)20-17(14-29-22(20)25-19)18-6-5-11-28-18/h5-11,14H,12-13H2,1-4H3,(H,24,25,27)/p+1. The van der Waals surface area contributed by atoms with E-state index in [1.807, 2.05) is 17.5 Å². The van der Waals surface area contributed by atoms with Crippen LogP contribution in [0.2, 0.25) is 0 Å². The van der Waals surface area contributed by atoms with Crippen LogP contribution in [0.15, 0.2) is 57.3 Å². The summed E-state index contributed by atoms with van der Waals surface area (Å²) in [5.41, 5.74) is 3.45. The summed E-state index contributed by atoms with van der Waals surface area (Å²) in [4.78, 5) is 22.4. The van der Waals surface area contributed by atoms with Crippen molar-refractivity contribution in [3.8, 4) is 11.3 Å². The molecular weight excluding hydrogens is 382 g/mol. The van der Waals surface area contributed by atoms with Crippen LogP contribution in [0.3, 0.4) is 0 Å². The van der Waals surface area contributed by atoms with Gasteiger partial charge in [0.15, 0.2) is 5.82 Å². The summed E-state index contributed by atoms with van der Waals surface area (Å²) in [6.07, 6.45) is 1.61. The number of nitrogens with zero attached hydrogens (tertiary/aromatic N) is 1. The van der Waals surface area contributed by atoms with Crippen LogP contribution in [0.1, 0.15) is 37.7 Å². The van der Waals surface area contributed by atoms with E-state index in [4.69, 9.17) is 9.40 Å². The molecule has 4 aromatic rings. The zero-order valence-electron chi connectivity index (χ0n) is 17.2. The minimum Gasteiger partial charge on any atom is -0.464 e. The normalized spacial score (nSPS) is 13.1. The van der Waals surface area contributed by atoms with Gasteiger partial charge in [0.2, 0.25) is 0 Å². The molecule has 4 rings (SSSR count). The number of thiophene rings is 1. The smallest absolute Gasteiger partial charge is 0.260 e. The molecule has 0 saturated carbocycles. The van der Waals surface area contributed by atoms with Gasteiger partial charge >= 0.3 is 0 Å². The van der Waals surface area contributed by atoms with Gasteiger partial charge in [-0.1, -0.05) is 45.0 Å². The number of fused-ring (bicyclic) bond motifs is 1. The van der Waals surface area contributed by atoms with Gasteiger partial charge in [0.05, 0.1) is 18.7 Å². The number of hydrogen-bond donors (Lipinski definition) is 2. The van der Waals surface area contributed by atoms with Crippen molar-refractivity contribution in [2.75, 3.05) is 7.05 Å². The van der Waals surface area contributed by atoms with E-state index in [2.05, 4.69) is 57.1 Å². The first-order valence-electron chi connectivity index (χ1n) is 9.76. The van der Waals surface area contributed by atoms with Crippen LogP contribution in [0, 0.1) is 0 Å². The molecule has 0 aliphatic heterocycles. The van der Waals surface area contributed by atoms with Crippen LogP contribution >= 0.6 is 11.3 Å². The van der Waals surface area contributed by atoms with Gasteiger partial charge < -0.3 is 14.3 Å². The molecule has 0 bridgehead atoms. The van der Waals surface area contributed by atoms with E-state index in [0.29, 0.717) is 23.5 Å². The summed E-state index contributed by atoms with van der Waals surface area (Å²) in [6, 6.07) is 12.5. The number of aromatic amines is 1. The number of aromatic nitrogens is 2. The lowest BCUT2D eigenvalue weighted by Crippen LogP contribution is -3.06. The minimum absolute atomic E-state index is 0.111. The van der Waals surface area contributed by atoms with E-state index >= 15 is 0 Å². The molecule has 0 spiro atoms. The molecule has 3 aromatic heterocycles. The fraction of sp³-hybridized carbons (Fsp3) is 0.304.